The molecule has 11 heteroatoms. The van der Waals surface area contributed by atoms with Crippen LogP contribution < -0.4 is 27.4 Å². The quantitative estimate of drug-likeness (QED) is 0.144. The largest absolute Gasteiger partial charge is 0.480 e. The molecular weight excluding hydrogens is 418 g/mol. The molecule has 3 amide bonds. The summed E-state index contributed by atoms with van der Waals surface area (Å²) in [6.07, 6.45) is 1.99. The Bertz CT molecular complexity index is 613. The number of amides is 3. The number of carbonyl (C=O) groups is 4. The maximum atomic E-state index is 12.9. The molecule has 0 aliphatic carbocycles. The van der Waals surface area contributed by atoms with E-state index in [0.29, 0.717) is 25.8 Å². The molecule has 0 saturated carbocycles. The minimum Gasteiger partial charge on any atom is -0.480 e. The number of carbonyl (C=O) groups excluding carboxylic acids is 3. The predicted octanol–water partition coefficient (Wildman–Crippen LogP) is -0.934. The molecule has 0 aliphatic rings. The van der Waals surface area contributed by atoms with Gasteiger partial charge in [-0.3, -0.25) is 14.4 Å². The molecule has 0 rings (SSSR count). The third-order valence-corrected chi connectivity index (χ3v) is 4.78. The monoisotopic (exact) mass is 459 g/mol. The Kier molecular flexibility index (Phi) is 14.5. The smallest absolute Gasteiger partial charge is 0.326 e. The average Bonchev–Trinajstić information content (AvgIpc) is 2.70. The van der Waals surface area contributed by atoms with Crippen LogP contribution in [0.15, 0.2) is 0 Å². The third-order valence-electron chi connectivity index (χ3n) is 4.78. The number of carboxylic acids is 1. The molecule has 0 saturated heterocycles. The molecule has 9 N–H and O–H groups in total. The summed E-state index contributed by atoms with van der Waals surface area (Å²) in [7, 11) is 0. The average molecular weight is 460 g/mol. The summed E-state index contributed by atoms with van der Waals surface area (Å²) in [6, 6.07) is -4.19. The van der Waals surface area contributed by atoms with Gasteiger partial charge in [0.2, 0.25) is 17.7 Å². The fraction of sp³-hybridized carbons (Fsp3) is 0.810. The van der Waals surface area contributed by atoms with Gasteiger partial charge >= 0.3 is 5.97 Å². The van der Waals surface area contributed by atoms with Gasteiger partial charge in [0.25, 0.3) is 0 Å². The van der Waals surface area contributed by atoms with Crippen LogP contribution in [-0.2, 0) is 19.2 Å². The highest BCUT2D eigenvalue weighted by Gasteiger charge is 2.30. The summed E-state index contributed by atoms with van der Waals surface area (Å²) in [5.41, 5.74) is 11.0. The normalized spacial score (nSPS) is 15.0. The number of aliphatic hydroxyl groups is 1. The number of hydrogen-bond donors (Lipinski definition) is 7. The number of nitrogens with one attached hydrogen (secondary N) is 3. The molecular formula is C21H41N5O6. The molecule has 0 heterocycles. The van der Waals surface area contributed by atoms with Gasteiger partial charge in [-0.05, 0) is 50.5 Å². The van der Waals surface area contributed by atoms with Crippen LogP contribution in [0, 0.1) is 11.8 Å². The highest BCUT2D eigenvalue weighted by Crippen LogP contribution is 2.10. The molecule has 0 spiro atoms. The second kappa shape index (κ2) is 15.5. The molecule has 4 atom stereocenters. The van der Waals surface area contributed by atoms with Gasteiger partial charge in [0.1, 0.15) is 24.2 Å². The van der Waals surface area contributed by atoms with Crippen molar-refractivity contribution >= 4 is 23.7 Å². The first-order valence-corrected chi connectivity index (χ1v) is 11.1. The SMILES string of the molecule is CC(C)CC(NC(=O)C(N)CO)C(=O)NC(CC(C)C)C(=O)NC(CCCCN)C(=O)O. The lowest BCUT2D eigenvalue weighted by Gasteiger charge is -2.26. The van der Waals surface area contributed by atoms with Gasteiger partial charge in [0, 0.05) is 0 Å². The van der Waals surface area contributed by atoms with Crippen molar-refractivity contribution in [3.05, 3.63) is 0 Å². The Morgan fingerprint density at radius 3 is 1.59 bits per heavy atom. The van der Waals surface area contributed by atoms with E-state index >= 15 is 0 Å². The topological polar surface area (TPSA) is 197 Å². The number of carboxylic acid groups (broad SMARTS) is 1. The van der Waals surface area contributed by atoms with Crippen molar-refractivity contribution in [1.29, 1.82) is 0 Å². The summed E-state index contributed by atoms with van der Waals surface area (Å²) in [5.74, 6) is -2.93. The lowest BCUT2D eigenvalue weighted by Crippen LogP contribution is -2.57. The number of unbranched alkanes of at least 4 members (excludes halogenated alkanes) is 1. The van der Waals surface area contributed by atoms with Gasteiger partial charge in [-0.15, -0.1) is 0 Å². The molecule has 11 nitrogen and oxygen atoms in total. The maximum Gasteiger partial charge on any atom is 0.326 e. The molecule has 32 heavy (non-hydrogen) atoms. The highest BCUT2D eigenvalue weighted by molar-refractivity contribution is 5.94. The van der Waals surface area contributed by atoms with Crippen molar-refractivity contribution in [3.8, 4) is 0 Å². The Labute approximate surface area is 190 Å². The van der Waals surface area contributed by atoms with Crippen molar-refractivity contribution in [2.24, 2.45) is 23.3 Å². The van der Waals surface area contributed by atoms with Crippen LogP contribution >= 0.6 is 0 Å². The molecule has 0 aromatic rings. The summed E-state index contributed by atoms with van der Waals surface area (Å²) >= 11 is 0. The Morgan fingerprint density at radius 2 is 1.22 bits per heavy atom. The third kappa shape index (κ3) is 12.0. The zero-order valence-electron chi connectivity index (χ0n) is 19.6. The first-order valence-electron chi connectivity index (χ1n) is 11.1. The second-order valence-electron chi connectivity index (χ2n) is 8.85. The standard InChI is InChI=1S/C21H41N5O6/c1-12(2)9-16(25-18(28)14(23)11-27)20(30)26-17(10-13(3)4)19(29)24-15(21(31)32)7-5-6-8-22/h12-17,27H,5-11,22-23H2,1-4H3,(H,24,29)(H,25,28)(H,26,30)(H,31,32). The van der Waals surface area contributed by atoms with Gasteiger partial charge in [0.05, 0.1) is 6.61 Å². The summed E-state index contributed by atoms with van der Waals surface area (Å²) < 4.78 is 0. The van der Waals surface area contributed by atoms with Crippen LogP contribution in [0.1, 0.15) is 59.8 Å². The first kappa shape index (κ1) is 29.8. The van der Waals surface area contributed by atoms with Crippen LogP contribution in [-0.4, -0.2) is 71.2 Å². The molecule has 0 radical (unpaired) electrons. The van der Waals surface area contributed by atoms with E-state index in [1.165, 1.54) is 0 Å². The molecule has 0 fully saturated rings. The zero-order chi connectivity index (χ0) is 24.8. The van der Waals surface area contributed by atoms with Gasteiger partial charge in [-0.1, -0.05) is 27.7 Å². The first-order chi connectivity index (χ1) is 14.9. The van der Waals surface area contributed by atoms with Crippen LogP contribution in [0.5, 0.6) is 0 Å². The molecule has 0 bridgehead atoms. The molecule has 4 unspecified atom stereocenters. The predicted molar refractivity (Wildman–Crippen MR) is 120 cm³/mol. The van der Waals surface area contributed by atoms with Crippen molar-refractivity contribution < 1.29 is 29.4 Å². The Hall–Kier alpha value is -2.24. The Morgan fingerprint density at radius 1 is 0.781 bits per heavy atom. The van der Waals surface area contributed by atoms with Crippen LogP contribution in [0.3, 0.4) is 0 Å². The lowest BCUT2D eigenvalue weighted by molar-refractivity contribution is -0.142. The zero-order valence-corrected chi connectivity index (χ0v) is 19.6. The van der Waals surface area contributed by atoms with Crippen LogP contribution in [0.4, 0.5) is 0 Å². The number of rotatable bonds is 16. The molecule has 0 aromatic heterocycles. The fourth-order valence-electron chi connectivity index (χ4n) is 3.06. The number of aliphatic hydroxyl groups excluding tert-OH is 1. The van der Waals surface area contributed by atoms with E-state index in [2.05, 4.69) is 16.0 Å². The van der Waals surface area contributed by atoms with E-state index in [4.69, 9.17) is 16.6 Å². The molecule has 0 aromatic carbocycles. The molecule has 186 valence electrons. The van der Waals surface area contributed by atoms with E-state index in [1.54, 1.807) is 0 Å². The van der Waals surface area contributed by atoms with Crippen molar-refractivity contribution in [2.45, 2.75) is 84.0 Å². The van der Waals surface area contributed by atoms with E-state index in [1.807, 2.05) is 27.7 Å². The maximum absolute atomic E-state index is 12.9. The summed E-state index contributed by atoms with van der Waals surface area (Å²) in [4.78, 5) is 49.4. The minimum atomic E-state index is -1.17. The van der Waals surface area contributed by atoms with Gasteiger partial charge in [-0.2, -0.15) is 0 Å². The van der Waals surface area contributed by atoms with Gasteiger partial charge in [0.15, 0.2) is 0 Å². The lowest BCUT2D eigenvalue weighted by atomic mass is 9.99. The minimum absolute atomic E-state index is 0.0347. The van der Waals surface area contributed by atoms with E-state index in [-0.39, 0.29) is 24.7 Å². The van der Waals surface area contributed by atoms with Crippen LogP contribution in [0.25, 0.3) is 0 Å². The Balaban J connectivity index is 5.40. The van der Waals surface area contributed by atoms with Crippen molar-refractivity contribution in [2.75, 3.05) is 13.2 Å². The van der Waals surface area contributed by atoms with Crippen molar-refractivity contribution in [1.82, 2.24) is 16.0 Å². The number of aliphatic carboxylic acids is 1. The van der Waals surface area contributed by atoms with Gasteiger partial charge < -0.3 is 37.6 Å². The summed E-state index contributed by atoms with van der Waals surface area (Å²) in [5, 5.41) is 26.1. The highest BCUT2D eigenvalue weighted by atomic mass is 16.4. The number of nitrogens with two attached hydrogens (primary N) is 2. The van der Waals surface area contributed by atoms with E-state index in [0.717, 1.165) is 0 Å². The summed E-state index contributed by atoms with van der Waals surface area (Å²) in [6.45, 7) is 7.34. The van der Waals surface area contributed by atoms with E-state index in [9.17, 15) is 24.3 Å². The van der Waals surface area contributed by atoms with Crippen LogP contribution in [0.2, 0.25) is 0 Å². The van der Waals surface area contributed by atoms with Gasteiger partial charge in [-0.25, -0.2) is 4.79 Å². The van der Waals surface area contributed by atoms with Crippen molar-refractivity contribution in [3.63, 3.8) is 0 Å². The molecule has 0 aliphatic heterocycles. The number of hydrogen-bond acceptors (Lipinski definition) is 7. The second-order valence-corrected chi connectivity index (χ2v) is 8.85. The fourth-order valence-corrected chi connectivity index (χ4v) is 3.06. The van der Waals surface area contributed by atoms with E-state index < -0.39 is 54.5 Å².